The first-order valence-electron chi connectivity index (χ1n) is 9.03. The molecule has 0 saturated carbocycles. The number of amides is 2. The van der Waals surface area contributed by atoms with Crippen molar-refractivity contribution in [2.45, 2.75) is 26.4 Å². The molecule has 1 aliphatic rings. The van der Waals surface area contributed by atoms with Gasteiger partial charge >= 0.3 is 0 Å². The zero-order valence-corrected chi connectivity index (χ0v) is 16.9. The summed E-state index contributed by atoms with van der Waals surface area (Å²) >= 11 is 6.21. The molecule has 3 aromatic rings. The number of halogens is 1. The van der Waals surface area contributed by atoms with Crippen LogP contribution in [-0.4, -0.2) is 27.2 Å². The highest BCUT2D eigenvalue weighted by Crippen LogP contribution is 2.34. The highest BCUT2D eigenvalue weighted by Gasteiger charge is 2.47. The van der Waals surface area contributed by atoms with Crippen molar-refractivity contribution < 1.29 is 14.3 Å². The number of para-hydroxylation sites is 2. The maximum atomic E-state index is 12.8. The zero-order chi connectivity index (χ0) is 20.8. The molecule has 2 N–H and O–H groups in total. The van der Waals surface area contributed by atoms with Crippen LogP contribution in [0.5, 0.6) is 5.75 Å². The zero-order valence-electron chi connectivity index (χ0n) is 16.1. The summed E-state index contributed by atoms with van der Waals surface area (Å²) in [5.41, 5.74) is 1.77. The minimum atomic E-state index is -1.68. The second-order valence-corrected chi connectivity index (χ2v) is 7.36. The number of carbonyl (C=O) groups is 2. The lowest BCUT2D eigenvalue weighted by Gasteiger charge is -2.33. The van der Waals surface area contributed by atoms with Crippen molar-refractivity contribution in [3.8, 4) is 11.4 Å². The van der Waals surface area contributed by atoms with Gasteiger partial charge in [0.05, 0.1) is 27.8 Å². The Bertz CT molecular complexity index is 1120. The predicted octanol–water partition coefficient (Wildman–Crippen LogP) is 3.87. The van der Waals surface area contributed by atoms with E-state index in [9.17, 15) is 9.59 Å². The monoisotopic (exact) mass is 410 g/mol. The molecule has 1 atom stereocenters. The Morgan fingerprint density at radius 1 is 1.17 bits per heavy atom. The van der Waals surface area contributed by atoms with Crippen LogP contribution in [0.15, 0.2) is 48.5 Å². The van der Waals surface area contributed by atoms with Crippen LogP contribution in [0, 0.1) is 13.8 Å². The van der Waals surface area contributed by atoms with Gasteiger partial charge in [0.15, 0.2) is 0 Å². The number of aromatic nitrogens is 2. The van der Waals surface area contributed by atoms with Crippen LogP contribution < -0.4 is 15.4 Å². The molecule has 2 amide bonds. The van der Waals surface area contributed by atoms with E-state index in [0.29, 0.717) is 22.1 Å². The Morgan fingerprint density at radius 2 is 1.86 bits per heavy atom. The Labute approximate surface area is 172 Å². The van der Waals surface area contributed by atoms with Gasteiger partial charge in [-0.05, 0) is 57.2 Å². The fourth-order valence-electron chi connectivity index (χ4n) is 3.13. The molecule has 0 fully saturated rings. The van der Waals surface area contributed by atoms with Crippen molar-refractivity contribution in [3.63, 3.8) is 0 Å². The van der Waals surface area contributed by atoms with Crippen LogP contribution in [-0.2, 0) is 9.59 Å². The van der Waals surface area contributed by atoms with Crippen LogP contribution in [0.4, 0.5) is 11.4 Å². The van der Waals surface area contributed by atoms with Gasteiger partial charge in [0, 0.05) is 5.69 Å². The minimum absolute atomic E-state index is 0.446. The number of fused-ring (bicyclic) bond motifs is 1. The van der Waals surface area contributed by atoms with Crippen molar-refractivity contribution in [2.24, 2.45) is 0 Å². The molecular weight excluding hydrogens is 392 g/mol. The van der Waals surface area contributed by atoms with Gasteiger partial charge in [0.1, 0.15) is 5.75 Å². The number of benzene rings is 2. The summed E-state index contributed by atoms with van der Waals surface area (Å²) in [4.78, 5) is 25.3. The van der Waals surface area contributed by atoms with E-state index < -0.39 is 17.4 Å². The summed E-state index contributed by atoms with van der Waals surface area (Å²) < 4.78 is 7.47. The third-order valence-corrected chi connectivity index (χ3v) is 5.44. The van der Waals surface area contributed by atoms with Crippen molar-refractivity contribution in [1.82, 2.24) is 9.78 Å². The quantitative estimate of drug-likeness (QED) is 0.642. The van der Waals surface area contributed by atoms with Crippen molar-refractivity contribution in [1.29, 1.82) is 0 Å². The van der Waals surface area contributed by atoms with E-state index in [1.807, 2.05) is 26.0 Å². The van der Waals surface area contributed by atoms with Gasteiger partial charge in [0.2, 0.25) is 0 Å². The Hall–Kier alpha value is -3.32. The summed E-state index contributed by atoms with van der Waals surface area (Å²) in [6.07, 6.45) is 0. The number of rotatable bonds is 3. The molecule has 2 aromatic carbocycles. The van der Waals surface area contributed by atoms with Crippen molar-refractivity contribution >= 4 is 34.8 Å². The van der Waals surface area contributed by atoms with E-state index >= 15 is 0 Å². The van der Waals surface area contributed by atoms with E-state index in [2.05, 4.69) is 15.7 Å². The van der Waals surface area contributed by atoms with E-state index in [1.54, 1.807) is 41.1 Å². The number of nitrogens with zero attached hydrogens (tertiary/aromatic N) is 2. The molecule has 0 radical (unpaired) electrons. The van der Waals surface area contributed by atoms with E-state index in [0.717, 1.165) is 17.1 Å². The number of ether oxygens (including phenoxy) is 1. The molecule has 1 aliphatic heterocycles. The first-order chi connectivity index (χ1) is 13.8. The fourth-order valence-corrected chi connectivity index (χ4v) is 3.25. The van der Waals surface area contributed by atoms with Crippen LogP contribution in [0.25, 0.3) is 5.69 Å². The lowest BCUT2D eigenvalue weighted by Crippen LogP contribution is -2.56. The maximum absolute atomic E-state index is 12.8. The minimum Gasteiger partial charge on any atom is -0.466 e. The molecule has 2 heterocycles. The molecule has 0 aliphatic carbocycles. The first kappa shape index (κ1) is 19.0. The number of aryl methyl sites for hydroxylation is 1. The van der Waals surface area contributed by atoms with E-state index in [4.69, 9.17) is 16.3 Å². The van der Waals surface area contributed by atoms with Crippen LogP contribution in [0.3, 0.4) is 0 Å². The molecule has 29 heavy (non-hydrogen) atoms. The SMILES string of the molecule is Cc1nn(-c2ccc(NC(=O)C3(C)Oc4ccccc4NC3=O)cc2)c(C)c1Cl. The van der Waals surface area contributed by atoms with Crippen molar-refractivity contribution in [3.05, 3.63) is 64.9 Å². The lowest BCUT2D eigenvalue weighted by molar-refractivity contribution is -0.143. The van der Waals surface area contributed by atoms with Gasteiger partial charge in [-0.25, -0.2) is 4.68 Å². The summed E-state index contributed by atoms with van der Waals surface area (Å²) in [6, 6.07) is 14.1. The normalized spacial score (nSPS) is 17.9. The molecule has 1 aromatic heterocycles. The fraction of sp³-hybridized carbons (Fsp3) is 0.190. The molecule has 4 rings (SSSR count). The molecule has 0 saturated heterocycles. The van der Waals surface area contributed by atoms with Crippen LogP contribution in [0.1, 0.15) is 18.3 Å². The van der Waals surface area contributed by atoms with E-state index in [1.165, 1.54) is 6.92 Å². The Balaban J connectivity index is 1.54. The van der Waals surface area contributed by atoms with Gasteiger partial charge in [-0.3, -0.25) is 9.59 Å². The van der Waals surface area contributed by atoms with E-state index in [-0.39, 0.29) is 0 Å². The second kappa shape index (κ2) is 6.93. The molecular formula is C21H19ClN4O3. The summed E-state index contributed by atoms with van der Waals surface area (Å²) in [7, 11) is 0. The smallest absolute Gasteiger partial charge is 0.278 e. The molecule has 7 nitrogen and oxygen atoms in total. The third kappa shape index (κ3) is 3.23. The molecule has 0 spiro atoms. The number of hydrogen-bond donors (Lipinski definition) is 2. The second-order valence-electron chi connectivity index (χ2n) is 6.98. The molecule has 8 heteroatoms. The van der Waals surface area contributed by atoms with Crippen LogP contribution >= 0.6 is 11.6 Å². The molecule has 148 valence electrons. The lowest BCUT2D eigenvalue weighted by atomic mass is 10.0. The van der Waals surface area contributed by atoms with Gasteiger partial charge < -0.3 is 15.4 Å². The maximum Gasteiger partial charge on any atom is 0.278 e. The van der Waals surface area contributed by atoms with Gasteiger partial charge in [-0.15, -0.1) is 0 Å². The standard InChI is InChI=1S/C21H19ClN4O3/c1-12-18(22)13(2)26(25-12)15-10-8-14(9-11-15)23-19(27)21(3)20(28)24-16-6-4-5-7-17(16)29-21/h4-11H,1-3H3,(H,23,27)(H,24,28). The molecule has 1 unspecified atom stereocenters. The predicted molar refractivity (Wildman–Crippen MR) is 111 cm³/mol. The number of anilines is 2. The highest BCUT2D eigenvalue weighted by molar-refractivity contribution is 6.31. The Kier molecular flexibility index (Phi) is 4.55. The van der Waals surface area contributed by atoms with Crippen molar-refractivity contribution in [2.75, 3.05) is 10.6 Å². The number of hydrogen-bond acceptors (Lipinski definition) is 4. The Morgan fingerprint density at radius 3 is 2.52 bits per heavy atom. The molecule has 0 bridgehead atoms. The number of nitrogens with one attached hydrogen (secondary N) is 2. The van der Waals surface area contributed by atoms with Gasteiger partial charge in [0.25, 0.3) is 17.4 Å². The average molecular weight is 411 g/mol. The average Bonchev–Trinajstić information content (AvgIpc) is 2.97. The summed E-state index contributed by atoms with van der Waals surface area (Å²) in [5, 5.41) is 10.5. The largest absolute Gasteiger partial charge is 0.466 e. The number of carbonyl (C=O) groups excluding carboxylic acids is 2. The summed E-state index contributed by atoms with van der Waals surface area (Å²) in [6.45, 7) is 5.17. The highest BCUT2D eigenvalue weighted by atomic mass is 35.5. The first-order valence-corrected chi connectivity index (χ1v) is 9.40. The van der Waals surface area contributed by atoms with Crippen LogP contribution in [0.2, 0.25) is 5.02 Å². The van der Waals surface area contributed by atoms with Gasteiger partial charge in [-0.2, -0.15) is 5.10 Å². The third-order valence-electron chi connectivity index (χ3n) is 4.89. The topological polar surface area (TPSA) is 85.2 Å². The van der Waals surface area contributed by atoms with Gasteiger partial charge in [-0.1, -0.05) is 23.7 Å². The summed E-state index contributed by atoms with van der Waals surface area (Å²) in [5.74, 6) is -0.643.